The van der Waals surface area contributed by atoms with Crippen LogP contribution in [-0.4, -0.2) is 24.0 Å². The van der Waals surface area contributed by atoms with Crippen LogP contribution in [0.1, 0.15) is 29.7 Å². The van der Waals surface area contributed by atoms with Gasteiger partial charge in [-0.2, -0.15) is 0 Å². The number of benzene rings is 1. The quantitative estimate of drug-likeness (QED) is 0.716. The van der Waals surface area contributed by atoms with Gasteiger partial charge in [-0.1, -0.05) is 11.6 Å². The summed E-state index contributed by atoms with van der Waals surface area (Å²) in [7, 11) is 0. The fourth-order valence-electron chi connectivity index (χ4n) is 4.14. The third-order valence-corrected chi connectivity index (χ3v) is 6.88. The number of carbonyl (C=O) groups excluding carboxylic acids is 2. The molecule has 3 aliphatic rings. The summed E-state index contributed by atoms with van der Waals surface area (Å²) in [6.07, 6.45) is 1.95. The molecule has 2 aromatic rings. The van der Waals surface area contributed by atoms with Gasteiger partial charge in [0.15, 0.2) is 6.61 Å². The molecular formula is C20H20ClFN2O3S. The van der Waals surface area contributed by atoms with Crippen molar-refractivity contribution < 1.29 is 18.7 Å². The van der Waals surface area contributed by atoms with E-state index in [0.717, 1.165) is 6.07 Å². The molecule has 2 N–H and O–H groups in total. The molecule has 8 heteroatoms. The lowest BCUT2D eigenvalue weighted by molar-refractivity contribution is -0.184. The van der Waals surface area contributed by atoms with Crippen LogP contribution in [-0.2, 0) is 16.1 Å². The maximum atomic E-state index is 13.4. The molecule has 0 radical (unpaired) electrons. The zero-order valence-corrected chi connectivity index (χ0v) is 16.9. The van der Waals surface area contributed by atoms with E-state index in [-0.39, 0.29) is 40.1 Å². The summed E-state index contributed by atoms with van der Waals surface area (Å²) in [5, 5.41) is 7.99. The van der Waals surface area contributed by atoms with Crippen molar-refractivity contribution in [3.05, 3.63) is 50.9 Å². The van der Waals surface area contributed by atoms with E-state index < -0.39 is 5.82 Å². The van der Waals surface area contributed by atoms with E-state index in [9.17, 15) is 14.0 Å². The van der Waals surface area contributed by atoms with Crippen LogP contribution in [0.2, 0.25) is 5.02 Å². The highest BCUT2D eigenvalue weighted by molar-refractivity contribution is 7.10. The molecule has 148 valence electrons. The van der Waals surface area contributed by atoms with E-state index in [2.05, 4.69) is 10.6 Å². The molecule has 3 aliphatic carbocycles. The molecular weight excluding hydrogens is 403 g/mol. The molecule has 1 heterocycles. The van der Waals surface area contributed by atoms with Gasteiger partial charge in [0.25, 0.3) is 5.91 Å². The lowest BCUT2D eigenvalue weighted by Gasteiger charge is -2.69. The number of hydrogen-bond donors (Lipinski definition) is 2. The number of amides is 2. The average Bonchev–Trinajstić information content (AvgIpc) is 3.00. The number of halogens is 2. The van der Waals surface area contributed by atoms with Crippen molar-refractivity contribution in [2.24, 2.45) is 5.41 Å². The van der Waals surface area contributed by atoms with Crippen LogP contribution in [0.25, 0.3) is 0 Å². The molecule has 0 aliphatic heterocycles. The van der Waals surface area contributed by atoms with Gasteiger partial charge in [-0.15, -0.1) is 11.3 Å². The molecule has 0 spiro atoms. The predicted octanol–water partition coefficient (Wildman–Crippen LogP) is 3.58. The van der Waals surface area contributed by atoms with E-state index >= 15 is 0 Å². The monoisotopic (exact) mass is 422 g/mol. The van der Waals surface area contributed by atoms with E-state index in [0.29, 0.717) is 25.8 Å². The molecule has 1 aromatic carbocycles. The Balaban J connectivity index is 1.21. The first kappa shape index (κ1) is 19.2. The van der Waals surface area contributed by atoms with Gasteiger partial charge >= 0.3 is 0 Å². The Bertz CT molecular complexity index is 926. The highest BCUT2D eigenvalue weighted by Gasteiger charge is 2.72. The highest BCUT2D eigenvalue weighted by atomic mass is 35.5. The fourth-order valence-corrected chi connectivity index (χ4v) is 5.11. The average molecular weight is 423 g/mol. The van der Waals surface area contributed by atoms with Gasteiger partial charge in [0.2, 0.25) is 5.91 Å². The zero-order chi connectivity index (χ0) is 19.9. The summed E-state index contributed by atoms with van der Waals surface area (Å²) < 4.78 is 18.7. The molecule has 28 heavy (non-hydrogen) atoms. The summed E-state index contributed by atoms with van der Waals surface area (Å²) in [4.78, 5) is 25.8. The van der Waals surface area contributed by atoms with Gasteiger partial charge in [0.1, 0.15) is 11.6 Å². The Kier molecular flexibility index (Phi) is 4.83. The minimum absolute atomic E-state index is 0.00322. The Hall–Kier alpha value is -2.12. The molecule has 5 nitrogen and oxygen atoms in total. The predicted molar refractivity (Wildman–Crippen MR) is 105 cm³/mol. The Morgan fingerprint density at radius 2 is 2.04 bits per heavy atom. The fraction of sp³-hybridized carbons (Fsp3) is 0.400. The second kappa shape index (κ2) is 7.04. The topological polar surface area (TPSA) is 67.4 Å². The molecule has 0 unspecified atom stereocenters. The molecule has 5 rings (SSSR count). The van der Waals surface area contributed by atoms with Crippen LogP contribution in [0.3, 0.4) is 0 Å². The third kappa shape index (κ3) is 3.49. The van der Waals surface area contributed by atoms with Crippen LogP contribution >= 0.6 is 22.9 Å². The van der Waals surface area contributed by atoms with Gasteiger partial charge in [-0.05, 0) is 55.3 Å². The van der Waals surface area contributed by atoms with Gasteiger partial charge in [0, 0.05) is 16.5 Å². The minimum atomic E-state index is -0.593. The van der Waals surface area contributed by atoms with Crippen LogP contribution in [0.5, 0.6) is 5.75 Å². The largest absolute Gasteiger partial charge is 0.484 e. The molecule has 1 aromatic heterocycles. The van der Waals surface area contributed by atoms with E-state index in [1.807, 2.05) is 18.4 Å². The molecule has 0 saturated heterocycles. The van der Waals surface area contributed by atoms with Crippen LogP contribution < -0.4 is 15.4 Å². The first-order valence-electron chi connectivity index (χ1n) is 9.01. The number of ether oxygens (including phenoxy) is 1. The molecule has 2 amide bonds. The first-order valence-corrected chi connectivity index (χ1v) is 10.3. The Labute approximate surface area is 171 Å². The van der Waals surface area contributed by atoms with Crippen molar-refractivity contribution in [3.63, 3.8) is 0 Å². The van der Waals surface area contributed by atoms with Crippen molar-refractivity contribution in [2.75, 3.05) is 6.61 Å². The summed E-state index contributed by atoms with van der Waals surface area (Å²) in [5.41, 5.74) is 0.535. The number of hydrogen-bond acceptors (Lipinski definition) is 4. The first-order chi connectivity index (χ1) is 13.3. The minimum Gasteiger partial charge on any atom is -0.484 e. The third-order valence-electron chi connectivity index (χ3n) is 5.56. The molecule has 3 saturated carbocycles. The number of carbonyl (C=O) groups is 2. The van der Waals surface area contributed by atoms with E-state index in [1.54, 1.807) is 11.3 Å². The van der Waals surface area contributed by atoms with Gasteiger partial charge < -0.3 is 15.4 Å². The maximum Gasteiger partial charge on any atom is 0.258 e. The van der Waals surface area contributed by atoms with Crippen molar-refractivity contribution in [1.29, 1.82) is 0 Å². The lowest BCUT2D eigenvalue weighted by Crippen LogP contribution is -2.78. The second-order valence-electron chi connectivity index (χ2n) is 7.71. The van der Waals surface area contributed by atoms with Crippen LogP contribution in [0.4, 0.5) is 4.39 Å². The molecule has 0 atom stereocenters. The van der Waals surface area contributed by atoms with Gasteiger partial charge in [-0.25, -0.2) is 4.39 Å². The maximum absolute atomic E-state index is 13.4. The Morgan fingerprint density at radius 3 is 2.68 bits per heavy atom. The zero-order valence-electron chi connectivity index (χ0n) is 15.3. The van der Waals surface area contributed by atoms with Gasteiger partial charge in [0.05, 0.1) is 17.0 Å². The number of nitrogens with one attached hydrogen (secondary N) is 2. The number of aryl methyl sites for hydroxylation is 1. The normalized spacial score (nSPS) is 24.7. The van der Waals surface area contributed by atoms with Crippen molar-refractivity contribution in [3.8, 4) is 5.75 Å². The van der Waals surface area contributed by atoms with Crippen LogP contribution in [0, 0.1) is 18.2 Å². The Morgan fingerprint density at radius 1 is 1.29 bits per heavy atom. The summed E-state index contributed by atoms with van der Waals surface area (Å²) in [5.74, 6) is -0.568. The highest BCUT2D eigenvalue weighted by Crippen LogP contribution is 2.67. The number of rotatable bonds is 7. The molecule has 2 bridgehead atoms. The van der Waals surface area contributed by atoms with Crippen molar-refractivity contribution in [1.82, 2.24) is 10.6 Å². The second-order valence-corrected chi connectivity index (χ2v) is 9.12. The standard InChI is InChI=1S/C20H20ClFN2O3S/c1-12-4-5-28-16(12)7-23-18(26)19-9-20(10-19,11-19)24-17(25)8-27-13-2-3-14(21)15(22)6-13/h2-6H,7-11H2,1H3,(H,23,26)(H,24,25). The number of thiophene rings is 1. The van der Waals surface area contributed by atoms with Gasteiger partial charge in [-0.3, -0.25) is 9.59 Å². The lowest BCUT2D eigenvalue weighted by atomic mass is 9.39. The summed E-state index contributed by atoms with van der Waals surface area (Å²) in [6.45, 7) is 2.37. The van der Waals surface area contributed by atoms with Crippen molar-refractivity contribution >= 4 is 34.8 Å². The SMILES string of the molecule is Cc1ccsc1CNC(=O)C12CC(NC(=O)COc3ccc(Cl)c(F)c3)(C1)C2. The smallest absolute Gasteiger partial charge is 0.258 e. The van der Waals surface area contributed by atoms with E-state index in [1.165, 1.54) is 22.6 Å². The summed E-state index contributed by atoms with van der Waals surface area (Å²) in [6, 6.07) is 6.07. The molecule has 3 fully saturated rings. The summed E-state index contributed by atoms with van der Waals surface area (Å²) >= 11 is 7.25. The van der Waals surface area contributed by atoms with Crippen LogP contribution in [0.15, 0.2) is 29.6 Å². The van der Waals surface area contributed by atoms with E-state index in [4.69, 9.17) is 16.3 Å². The van der Waals surface area contributed by atoms with Crippen molar-refractivity contribution in [2.45, 2.75) is 38.3 Å².